The Morgan fingerprint density at radius 3 is 2.39 bits per heavy atom. The molecule has 1 saturated heterocycles. The Kier molecular flexibility index (Phi) is 4.04. The van der Waals surface area contributed by atoms with Crippen LogP contribution in [0, 0.1) is 0 Å². The molecular formula is C13H20N4O. The van der Waals surface area contributed by atoms with Gasteiger partial charge in [-0.1, -0.05) is 0 Å². The fourth-order valence-corrected chi connectivity index (χ4v) is 2.13. The summed E-state index contributed by atoms with van der Waals surface area (Å²) in [6.45, 7) is 4.21. The van der Waals surface area contributed by atoms with E-state index in [0.29, 0.717) is 6.54 Å². The maximum atomic E-state index is 11.3. The Labute approximate surface area is 108 Å². The zero-order valence-electron chi connectivity index (χ0n) is 10.7. The molecular weight excluding hydrogens is 228 g/mol. The van der Waals surface area contributed by atoms with E-state index in [0.717, 1.165) is 31.9 Å². The zero-order valence-corrected chi connectivity index (χ0v) is 10.7. The molecule has 1 heterocycles. The third kappa shape index (κ3) is 3.13. The van der Waals surface area contributed by atoms with Crippen LogP contribution in [0.25, 0.3) is 0 Å². The van der Waals surface area contributed by atoms with Crippen molar-refractivity contribution in [2.75, 3.05) is 50.4 Å². The van der Waals surface area contributed by atoms with Crippen LogP contribution in [0.1, 0.15) is 0 Å². The van der Waals surface area contributed by atoms with Gasteiger partial charge in [-0.05, 0) is 24.3 Å². The lowest BCUT2D eigenvalue weighted by Gasteiger charge is -2.35. The zero-order chi connectivity index (χ0) is 13.0. The Hall–Kier alpha value is -1.75. The van der Waals surface area contributed by atoms with Gasteiger partial charge in [0.25, 0.3) is 0 Å². The number of amides is 1. The summed E-state index contributed by atoms with van der Waals surface area (Å²) in [5.41, 5.74) is 7.66. The Morgan fingerprint density at radius 2 is 1.83 bits per heavy atom. The van der Waals surface area contributed by atoms with E-state index in [4.69, 9.17) is 5.73 Å². The lowest BCUT2D eigenvalue weighted by molar-refractivity contribution is -0.121. The van der Waals surface area contributed by atoms with Crippen LogP contribution >= 0.6 is 0 Å². The first-order valence-corrected chi connectivity index (χ1v) is 6.22. The van der Waals surface area contributed by atoms with E-state index in [-0.39, 0.29) is 5.91 Å². The molecule has 0 saturated carbocycles. The number of nitrogen functional groups attached to an aromatic ring is 1. The number of anilines is 2. The van der Waals surface area contributed by atoms with Gasteiger partial charge in [-0.2, -0.15) is 0 Å². The summed E-state index contributed by atoms with van der Waals surface area (Å²) in [6.07, 6.45) is 0. The van der Waals surface area contributed by atoms with Crippen molar-refractivity contribution in [2.45, 2.75) is 0 Å². The molecule has 0 radical (unpaired) electrons. The number of nitrogens with one attached hydrogen (secondary N) is 1. The maximum absolute atomic E-state index is 11.3. The number of nitrogens with zero attached hydrogens (tertiary/aromatic N) is 2. The van der Waals surface area contributed by atoms with Gasteiger partial charge in [0, 0.05) is 44.6 Å². The highest BCUT2D eigenvalue weighted by Gasteiger charge is 2.18. The van der Waals surface area contributed by atoms with Gasteiger partial charge in [0.15, 0.2) is 0 Å². The van der Waals surface area contributed by atoms with Crippen molar-refractivity contribution >= 4 is 17.3 Å². The van der Waals surface area contributed by atoms with Crippen LogP contribution in [0.2, 0.25) is 0 Å². The third-order valence-electron chi connectivity index (χ3n) is 3.28. The number of hydrogen-bond donors (Lipinski definition) is 2. The largest absolute Gasteiger partial charge is 0.399 e. The predicted octanol–water partition coefficient (Wildman–Crippen LogP) is 0.137. The maximum Gasteiger partial charge on any atom is 0.233 e. The molecule has 3 N–H and O–H groups in total. The van der Waals surface area contributed by atoms with E-state index in [1.807, 2.05) is 24.3 Å². The number of hydrogen-bond acceptors (Lipinski definition) is 4. The molecule has 1 amide bonds. The van der Waals surface area contributed by atoms with Gasteiger partial charge < -0.3 is 16.0 Å². The van der Waals surface area contributed by atoms with Crippen LogP contribution in [-0.4, -0.2) is 50.6 Å². The van der Waals surface area contributed by atoms with E-state index < -0.39 is 0 Å². The molecule has 1 aliphatic heterocycles. The van der Waals surface area contributed by atoms with Crippen LogP contribution in [-0.2, 0) is 4.79 Å². The van der Waals surface area contributed by atoms with Gasteiger partial charge in [0.1, 0.15) is 0 Å². The molecule has 18 heavy (non-hydrogen) atoms. The molecule has 98 valence electrons. The molecule has 0 bridgehead atoms. The average molecular weight is 248 g/mol. The topological polar surface area (TPSA) is 61.6 Å². The summed E-state index contributed by atoms with van der Waals surface area (Å²) in [5, 5.41) is 2.65. The third-order valence-corrected chi connectivity index (χ3v) is 3.28. The second-order valence-corrected chi connectivity index (χ2v) is 4.53. The van der Waals surface area contributed by atoms with Crippen LogP contribution in [0.3, 0.4) is 0 Å². The second-order valence-electron chi connectivity index (χ2n) is 4.53. The first-order chi connectivity index (χ1) is 8.69. The van der Waals surface area contributed by atoms with Gasteiger partial charge in [0.05, 0.1) is 6.54 Å². The van der Waals surface area contributed by atoms with E-state index >= 15 is 0 Å². The summed E-state index contributed by atoms with van der Waals surface area (Å²) >= 11 is 0. The summed E-state index contributed by atoms with van der Waals surface area (Å²) in [6, 6.07) is 7.94. The lowest BCUT2D eigenvalue weighted by Crippen LogP contribution is -2.49. The highest BCUT2D eigenvalue weighted by Crippen LogP contribution is 2.17. The smallest absolute Gasteiger partial charge is 0.233 e. The monoisotopic (exact) mass is 248 g/mol. The quantitative estimate of drug-likeness (QED) is 0.747. The van der Waals surface area contributed by atoms with E-state index in [1.165, 1.54) is 5.69 Å². The molecule has 5 heteroatoms. The van der Waals surface area contributed by atoms with Crippen LogP contribution in [0.4, 0.5) is 11.4 Å². The molecule has 0 unspecified atom stereocenters. The van der Waals surface area contributed by atoms with Crippen molar-refractivity contribution in [1.82, 2.24) is 10.2 Å². The molecule has 0 atom stereocenters. The average Bonchev–Trinajstić information content (AvgIpc) is 2.40. The van der Waals surface area contributed by atoms with E-state index in [2.05, 4.69) is 15.1 Å². The van der Waals surface area contributed by atoms with Gasteiger partial charge in [0.2, 0.25) is 5.91 Å². The predicted molar refractivity (Wildman–Crippen MR) is 73.6 cm³/mol. The van der Waals surface area contributed by atoms with Crippen molar-refractivity contribution in [3.63, 3.8) is 0 Å². The summed E-state index contributed by atoms with van der Waals surface area (Å²) < 4.78 is 0. The Morgan fingerprint density at radius 1 is 1.22 bits per heavy atom. The molecule has 1 aromatic rings. The second kappa shape index (κ2) is 5.73. The van der Waals surface area contributed by atoms with Crippen LogP contribution < -0.4 is 16.0 Å². The molecule has 2 rings (SSSR count). The first kappa shape index (κ1) is 12.7. The van der Waals surface area contributed by atoms with Crippen LogP contribution in [0.15, 0.2) is 24.3 Å². The van der Waals surface area contributed by atoms with Crippen molar-refractivity contribution in [3.05, 3.63) is 24.3 Å². The summed E-state index contributed by atoms with van der Waals surface area (Å²) in [4.78, 5) is 15.8. The van der Waals surface area contributed by atoms with Gasteiger partial charge >= 0.3 is 0 Å². The number of piperazine rings is 1. The summed E-state index contributed by atoms with van der Waals surface area (Å²) in [7, 11) is 1.67. The number of benzene rings is 1. The number of carbonyl (C=O) groups is 1. The highest BCUT2D eigenvalue weighted by atomic mass is 16.1. The van der Waals surface area contributed by atoms with Crippen LogP contribution in [0.5, 0.6) is 0 Å². The number of nitrogens with two attached hydrogens (primary N) is 1. The normalized spacial score (nSPS) is 16.6. The van der Waals surface area contributed by atoms with Gasteiger partial charge in [-0.3, -0.25) is 9.69 Å². The SMILES string of the molecule is CNC(=O)CN1CCN(c2ccc(N)cc2)CC1. The standard InChI is InChI=1S/C13H20N4O/c1-15-13(18)10-16-6-8-17(9-7-16)12-4-2-11(14)3-5-12/h2-5H,6-10,14H2,1H3,(H,15,18). The van der Waals surface area contributed by atoms with Crippen molar-refractivity contribution in [3.8, 4) is 0 Å². The molecule has 1 aliphatic rings. The minimum Gasteiger partial charge on any atom is -0.399 e. The van der Waals surface area contributed by atoms with Gasteiger partial charge in [-0.15, -0.1) is 0 Å². The molecule has 0 aliphatic carbocycles. The lowest BCUT2D eigenvalue weighted by atomic mass is 10.2. The fourth-order valence-electron chi connectivity index (χ4n) is 2.13. The first-order valence-electron chi connectivity index (χ1n) is 6.22. The summed E-state index contributed by atoms with van der Waals surface area (Å²) in [5.74, 6) is 0.0796. The molecule has 1 fully saturated rings. The Bertz CT molecular complexity index is 396. The Balaban J connectivity index is 1.86. The molecule has 1 aromatic carbocycles. The minimum absolute atomic E-state index is 0.0796. The van der Waals surface area contributed by atoms with Crippen molar-refractivity contribution in [1.29, 1.82) is 0 Å². The molecule has 0 aromatic heterocycles. The highest BCUT2D eigenvalue weighted by molar-refractivity contribution is 5.77. The molecule has 0 spiro atoms. The number of rotatable bonds is 3. The van der Waals surface area contributed by atoms with Crippen molar-refractivity contribution in [2.24, 2.45) is 0 Å². The van der Waals surface area contributed by atoms with E-state index in [9.17, 15) is 4.79 Å². The van der Waals surface area contributed by atoms with Crippen molar-refractivity contribution < 1.29 is 4.79 Å². The van der Waals surface area contributed by atoms with Gasteiger partial charge in [-0.25, -0.2) is 0 Å². The van der Waals surface area contributed by atoms with E-state index in [1.54, 1.807) is 7.05 Å². The fraction of sp³-hybridized carbons (Fsp3) is 0.462. The number of carbonyl (C=O) groups excluding carboxylic acids is 1. The molecule has 5 nitrogen and oxygen atoms in total. The number of likely N-dealkylation sites (N-methyl/N-ethyl adjacent to an activating group) is 1. The minimum atomic E-state index is 0.0796.